The summed E-state index contributed by atoms with van der Waals surface area (Å²) in [6.07, 6.45) is -3.48. The molecule has 0 radical (unpaired) electrons. The molecule has 6 N–H and O–H groups in total. The second kappa shape index (κ2) is 30.9. The van der Waals surface area contributed by atoms with Crippen molar-refractivity contribution >= 4 is 110 Å². The fraction of sp³-hybridized carbons (Fsp3) is 0.160. The topological polar surface area (TPSA) is 305 Å². The number of alkyl halides is 10. The molecule has 6 aromatic carbocycles. The number of aromatic nitrogens is 12. The largest absolute Gasteiger partial charge is 0.480 e. The predicted octanol–water partition coefficient (Wildman–Crippen LogP) is 13.6. The Morgan fingerprint density at radius 3 is 1.21 bits per heavy atom. The summed E-state index contributed by atoms with van der Waals surface area (Å²) in [7, 11) is -3.91. The van der Waals surface area contributed by atoms with Gasteiger partial charge in [0.1, 0.15) is 52.8 Å². The summed E-state index contributed by atoms with van der Waals surface area (Å²) in [4.78, 5) is 48.4. The molecule has 0 fully saturated rings. The number of aromatic amines is 1. The third-order valence-electron chi connectivity index (χ3n) is 17.6. The number of carbonyl (C=O) groups excluding carboxylic acids is 2. The fourth-order valence-electron chi connectivity index (χ4n) is 12.6. The lowest BCUT2D eigenvalue weighted by Gasteiger charge is -2.31. The Morgan fingerprint density at radius 2 is 0.866 bits per heavy atom. The van der Waals surface area contributed by atoms with E-state index in [9.17, 15) is 95.9 Å². The summed E-state index contributed by atoms with van der Waals surface area (Å²) in [6, 6.07) is 36.0. The summed E-state index contributed by atoms with van der Waals surface area (Å²) in [6.45, 7) is 0.938. The molecular weight excluding hydrogens is 1580 g/mol. The molecule has 3 atom stereocenters. The Hall–Kier alpha value is -12.3. The average Bonchev–Trinajstić information content (AvgIpc) is 1.49. The number of fused-ring (bicyclic) bond motifs is 6. The maximum absolute atomic E-state index is 14.7. The Kier molecular flexibility index (Phi) is 21.8. The van der Waals surface area contributed by atoms with E-state index in [2.05, 4.69) is 55.9 Å². The van der Waals surface area contributed by atoms with Crippen LogP contribution in [-0.2, 0) is 59.0 Å². The van der Waals surface area contributed by atoms with Crippen molar-refractivity contribution in [3.05, 3.63) is 270 Å². The minimum absolute atomic E-state index is 0.00205. The van der Waals surface area contributed by atoms with Crippen LogP contribution in [0, 0.1) is 17.5 Å². The van der Waals surface area contributed by atoms with Gasteiger partial charge in [0.15, 0.2) is 0 Å². The highest BCUT2D eigenvalue weighted by Gasteiger charge is 2.60. The van der Waals surface area contributed by atoms with Gasteiger partial charge in [0.2, 0.25) is 26.8 Å². The maximum Gasteiger partial charge on any atom is 0.425 e. The monoisotopic (exact) mass is 1640 g/mol. The minimum atomic E-state index is -5.22. The molecule has 0 aliphatic heterocycles. The number of hydrogen-bond acceptors (Lipinski definition) is 15. The van der Waals surface area contributed by atoms with Crippen LogP contribution >= 0.6 is 15.9 Å². The number of aliphatic carboxylic acids is 1. The zero-order valence-corrected chi connectivity index (χ0v) is 60.0. The summed E-state index contributed by atoms with van der Waals surface area (Å²) < 4.78 is 206. The molecular formula is C75H56BrF12N13O10S. The zero-order chi connectivity index (χ0) is 80.6. The normalized spacial score (nSPS) is 13.7. The van der Waals surface area contributed by atoms with E-state index in [1.807, 2.05) is 0 Å². The van der Waals surface area contributed by atoms with E-state index in [1.165, 1.54) is 197 Å². The highest BCUT2D eigenvalue weighted by atomic mass is 79.9. The quantitative estimate of drug-likeness (QED) is 0.0297. The van der Waals surface area contributed by atoms with Gasteiger partial charge in [-0.05, 0) is 169 Å². The average molecular weight is 1640 g/mol. The second-order valence-corrected chi connectivity index (χ2v) is 27.2. The lowest BCUT2D eigenvalue weighted by Crippen LogP contribution is -2.43. The number of H-pyrrole nitrogens is 1. The number of pyridine rings is 3. The number of benzene rings is 6. The molecule has 112 heavy (non-hydrogen) atoms. The van der Waals surface area contributed by atoms with Crippen molar-refractivity contribution in [2.75, 3.05) is 18.2 Å². The van der Waals surface area contributed by atoms with Crippen LogP contribution in [0.3, 0.4) is 0 Å². The molecule has 37 heteroatoms. The third kappa shape index (κ3) is 15.5. The third-order valence-corrected chi connectivity index (χ3v) is 18.7. The first-order chi connectivity index (χ1) is 53.0. The van der Waals surface area contributed by atoms with Gasteiger partial charge in [-0.2, -0.15) is 54.8 Å². The number of carbonyl (C=O) groups is 3. The molecule has 0 saturated carbocycles. The van der Waals surface area contributed by atoms with Gasteiger partial charge < -0.3 is 39.3 Å². The molecule has 0 spiro atoms. The number of aliphatic hydroxyl groups is 3. The van der Waals surface area contributed by atoms with Gasteiger partial charge in [-0.3, -0.25) is 19.1 Å². The summed E-state index contributed by atoms with van der Waals surface area (Å²) in [5.41, 5.74) is -10.0. The number of esters is 1. The highest BCUT2D eigenvalue weighted by Crippen LogP contribution is 2.51. The fourth-order valence-corrected chi connectivity index (χ4v) is 13.3. The number of ether oxygens (including phenoxy) is 1. The number of sulfonamides is 1. The van der Waals surface area contributed by atoms with Gasteiger partial charge >= 0.3 is 30.5 Å². The van der Waals surface area contributed by atoms with Crippen LogP contribution in [0.1, 0.15) is 40.3 Å². The Labute approximate surface area is 631 Å². The standard InChI is InChI=1S/C25H19F4N5O4S.C24H16F4N4O3.C22H14F4N4O.C4H7BrO2/c1-39(37,38)32-22(35)14-33-13-20(19-3-2-10-30-23(19)33)24(36,25(27,28)29)16-4-9-21-15(11-16)12-31-34(21)18-7-5-17(26)6-8-18;25-16-4-6-17(7-5-16)32-20-8-3-15(10-14(20)11-30-32)23(35,24(26,27)28)19-12-31(13-21(33)34)22-18(19)2-1-9-29-22;23-15-4-6-16(7-5-15)30-19-8-3-14(10-13(19)11-29-30)21(31,22(24,25)26)18-12-28-20-17(18)2-1-9-27-20;1-2-7-4(6)3-5/h2-13,36H,14H2,1H3,(H,32,35);1-12,35H,13H2,(H,33,34);1-12,31H,(H,27,28);2-3H2,1H3. The molecule has 578 valence electrons. The first kappa shape index (κ1) is 79.2. The molecule has 0 bridgehead atoms. The maximum atomic E-state index is 14.7. The van der Waals surface area contributed by atoms with Crippen LogP contribution in [0.15, 0.2) is 220 Å². The molecule has 0 aliphatic rings. The number of nitrogens with one attached hydrogen (secondary N) is 2. The van der Waals surface area contributed by atoms with Gasteiger partial charge in [0, 0.05) is 86.2 Å². The summed E-state index contributed by atoms with van der Waals surface area (Å²) in [5.74, 6) is -3.80. The number of amides is 1. The van der Waals surface area contributed by atoms with Crippen LogP contribution in [0.2, 0.25) is 0 Å². The van der Waals surface area contributed by atoms with Crippen LogP contribution in [-0.4, -0.2) is 142 Å². The van der Waals surface area contributed by atoms with Crippen molar-refractivity contribution in [1.29, 1.82) is 0 Å². The Balaban J connectivity index is 0.000000150. The van der Waals surface area contributed by atoms with E-state index >= 15 is 0 Å². The number of hydrogen-bond donors (Lipinski definition) is 6. The molecule has 9 aromatic heterocycles. The lowest BCUT2D eigenvalue weighted by molar-refractivity contribution is -0.248. The van der Waals surface area contributed by atoms with Gasteiger partial charge in [0.25, 0.3) is 5.91 Å². The lowest BCUT2D eigenvalue weighted by atomic mass is 9.85. The SMILES string of the molecule is CCOC(=O)CBr.CS(=O)(=O)NC(=O)Cn1cc(C(O)(c2ccc3c(cnn3-c3ccc(F)cc3)c2)C(F)(F)F)c2cccnc21.O=C(O)Cn1cc(C(O)(c2ccc3c(cnn3-c3ccc(F)cc3)c2)C(F)(F)F)c2cccnc21.OC(c1ccc2c(cnn2-c2ccc(F)cc2)c1)(c1c[nH]c2ncccc12)C(F)(F)F. The minimum Gasteiger partial charge on any atom is -0.480 e. The van der Waals surface area contributed by atoms with Crippen LogP contribution in [0.4, 0.5) is 52.7 Å². The van der Waals surface area contributed by atoms with Gasteiger partial charge in [0.05, 0.1) is 65.1 Å². The van der Waals surface area contributed by atoms with Crippen molar-refractivity contribution in [2.45, 2.75) is 55.3 Å². The van der Waals surface area contributed by atoms with Crippen molar-refractivity contribution < 1.29 is 101 Å². The van der Waals surface area contributed by atoms with E-state index in [0.29, 0.717) is 56.3 Å². The molecule has 23 nitrogen and oxygen atoms in total. The Bertz CT molecular complexity index is 6150. The second-order valence-electron chi connectivity index (χ2n) is 24.9. The van der Waals surface area contributed by atoms with E-state index in [-0.39, 0.29) is 55.6 Å². The molecule has 3 unspecified atom stereocenters. The van der Waals surface area contributed by atoms with Crippen molar-refractivity contribution in [3.8, 4) is 17.1 Å². The van der Waals surface area contributed by atoms with Crippen molar-refractivity contribution in [3.63, 3.8) is 0 Å². The van der Waals surface area contributed by atoms with Gasteiger partial charge in [-0.25, -0.2) is 50.6 Å². The molecule has 0 aliphatic carbocycles. The van der Waals surface area contributed by atoms with Crippen LogP contribution in [0.5, 0.6) is 0 Å². The summed E-state index contributed by atoms with van der Waals surface area (Å²) in [5, 5.41) is 56.8. The van der Waals surface area contributed by atoms with Crippen molar-refractivity contribution in [2.24, 2.45) is 0 Å². The number of halogens is 13. The van der Waals surface area contributed by atoms with E-state index in [4.69, 9.17) is 0 Å². The van der Waals surface area contributed by atoms with E-state index in [0.717, 1.165) is 52.2 Å². The van der Waals surface area contributed by atoms with Gasteiger partial charge in [-0.15, -0.1) is 0 Å². The first-order valence-electron chi connectivity index (χ1n) is 32.8. The number of carboxylic acids is 1. The number of rotatable bonds is 16. The Morgan fingerprint density at radius 1 is 0.509 bits per heavy atom. The molecule has 0 saturated heterocycles. The van der Waals surface area contributed by atoms with Crippen molar-refractivity contribution in [1.82, 2.24) is 63.1 Å². The molecule has 1 amide bonds. The van der Waals surface area contributed by atoms with Crippen LogP contribution in [0.25, 0.3) is 82.9 Å². The highest BCUT2D eigenvalue weighted by molar-refractivity contribution is 9.09. The van der Waals surface area contributed by atoms with Crippen LogP contribution < -0.4 is 4.72 Å². The number of carboxylic acid groups (broad SMARTS) is 1. The van der Waals surface area contributed by atoms with Gasteiger partial charge in [-0.1, -0.05) is 34.1 Å². The summed E-state index contributed by atoms with van der Waals surface area (Å²) >= 11 is 2.94. The smallest absolute Gasteiger partial charge is 0.425 e. The molecule has 15 aromatic rings. The zero-order valence-electron chi connectivity index (χ0n) is 57.6. The van der Waals surface area contributed by atoms with E-state index < -0.39 is 110 Å². The van der Waals surface area contributed by atoms with E-state index in [1.54, 1.807) is 11.6 Å². The molecule has 9 heterocycles. The first-order valence-corrected chi connectivity index (χ1v) is 35.8. The molecule has 15 rings (SSSR count). The number of nitrogens with zero attached hydrogens (tertiary/aromatic N) is 11. The predicted molar refractivity (Wildman–Crippen MR) is 387 cm³/mol.